The highest BCUT2D eigenvalue weighted by Crippen LogP contribution is 2.38. The monoisotopic (exact) mass is 354 g/mol. The number of hydrogen-bond acceptors (Lipinski definition) is 5. The highest BCUT2D eigenvalue weighted by Gasteiger charge is 2.23. The number of carbonyl (C=O) groups is 2. The zero-order valence-electron chi connectivity index (χ0n) is 14.1. The summed E-state index contributed by atoms with van der Waals surface area (Å²) in [7, 11) is 0. The van der Waals surface area contributed by atoms with Crippen LogP contribution in [0.25, 0.3) is 0 Å². The second-order valence-corrected chi connectivity index (χ2v) is 7.22. The van der Waals surface area contributed by atoms with Gasteiger partial charge in [0.2, 0.25) is 0 Å². The second kappa shape index (κ2) is 7.08. The lowest BCUT2D eigenvalue weighted by Gasteiger charge is -2.08. The summed E-state index contributed by atoms with van der Waals surface area (Å²) in [6, 6.07) is 7.59. The summed E-state index contributed by atoms with van der Waals surface area (Å²) < 4.78 is 5.10. The zero-order chi connectivity index (χ0) is 18.0. The van der Waals surface area contributed by atoms with Gasteiger partial charge in [0.05, 0.1) is 11.1 Å². The van der Waals surface area contributed by atoms with E-state index in [4.69, 9.17) is 4.74 Å². The average Bonchev–Trinajstić information content (AvgIpc) is 3.13. The van der Waals surface area contributed by atoms with Crippen LogP contribution in [0.5, 0.6) is 0 Å². The molecule has 1 aromatic heterocycles. The summed E-state index contributed by atoms with van der Waals surface area (Å²) in [4.78, 5) is 25.4. The van der Waals surface area contributed by atoms with Crippen LogP contribution in [-0.4, -0.2) is 18.5 Å². The molecule has 0 radical (unpaired) electrons. The predicted octanol–water partition coefficient (Wildman–Crippen LogP) is 3.52. The molecule has 1 aromatic carbocycles. The fraction of sp³-hybridized carbons (Fsp3) is 0.316. The Morgan fingerprint density at radius 3 is 2.84 bits per heavy atom. The number of fused-ring (bicyclic) bond motifs is 1. The molecule has 128 valence electrons. The molecule has 0 saturated heterocycles. The molecular weight excluding hydrogens is 336 g/mol. The number of nitrogens with one attached hydrogen (secondary N) is 1. The first-order valence-electron chi connectivity index (χ1n) is 8.08. The van der Waals surface area contributed by atoms with Gasteiger partial charge in [-0.05, 0) is 50.3 Å². The van der Waals surface area contributed by atoms with Crippen LogP contribution < -0.4 is 5.32 Å². The first-order valence-corrected chi connectivity index (χ1v) is 8.90. The van der Waals surface area contributed by atoms with Gasteiger partial charge in [-0.25, -0.2) is 4.79 Å². The second-order valence-electron chi connectivity index (χ2n) is 6.12. The van der Waals surface area contributed by atoms with Gasteiger partial charge in [0.1, 0.15) is 11.1 Å². The minimum Gasteiger partial charge on any atom is -0.452 e. The van der Waals surface area contributed by atoms with Crippen molar-refractivity contribution in [1.29, 1.82) is 5.26 Å². The fourth-order valence-electron chi connectivity index (χ4n) is 3.02. The highest BCUT2D eigenvalue weighted by atomic mass is 32.1. The van der Waals surface area contributed by atoms with Gasteiger partial charge in [-0.3, -0.25) is 4.79 Å². The molecule has 3 rings (SSSR count). The maximum atomic E-state index is 12.1. The molecule has 5 nitrogen and oxygen atoms in total. The maximum Gasteiger partial charge on any atom is 0.338 e. The summed E-state index contributed by atoms with van der Waals surface area (Å²) in [6.07, 6.45) is 2.89. The van der Waals surface area contributed by atoms with Crippen molar-refractivity contribution in [2.24, 2.45) is 0 Å². The smallest absolute Gasteiger partial charge is 0.338 e. The lowest BCUT2D eigenvalue weighted by Crippen LogP contribution is -2.21. The lowest BCUT2D eigenvalue weighted by molar-refractivity contribution is -0.119. The molecular formula is C19H18N2O3S. The van der Waals surface area contributed by atoms with Crippen molar-refractivity contribution in [1.82, 2.24) is 0 Å². The first-order chi connectivity index (χ1) is 12.0. The summed E-state index contributed by atoms with van der Waals surface area (Å²) in [5.41, 5.74) is 3.92. The quantitative estimate of drug-likeness (QED) is 0.852. The highest BCUT2D eigenvalue weighted by molar-refractivity contribution is 7.16. The van der Waals surface area contributed by atoms with Crippen LogP contribution in [0.3, 0.4) is 0 Å². The molecule has 1 heterocycles. The Bertz CT molecular complexity index is 893. The summed E-state index contributed by atoms with van der Waals surface area (Å²) in [5, 5.41) is 12.6. The van der Waals surface area contributed by atoms with Crippen LogP contribution in [0.4, 0.5) is 5.00 Å². The molecule has 6 heteroatoms. The number of aryl methyl sites for hydroxylation is 3. The molecule has 1 N–H and O–H groups in total. The number of thiophene rings is 1. The van der Waals surface area contributed by atoms with Crippen molar-refractivity contribution < 1.29 is 14.3 Å². The number of ether oxygens (including phenoxy) is 1. The van der Waals surface area contributed by atoms with E-state index in [9.17, 15) is 14.9 Å². The topological polar surface area (TPSA) is 79.2 Å². The third kappa shape index (κ3) is 3.57. The Hall–Kier alpha value is -2.65. The van der Waals surface area contributed by atoms with Crippen LogP contribution >= 0.6 is 11.3 Å². The molecule has 2 aromatic rings. The van der Waals surface area contributed by atoms with Crippen molar-refractivity contribution in [3.8, 4) is 6.07 Å². The third-order valence-corrected chi connectivity index (χ3v) is 5.43. The SMILES string of the molecule is Cc1ccc(C(=O)OCC(=O)Nc2sc3c(c2C#N)CCC3)c(C)c1. The standard InChI is InChI=1S/C19H18N2O3S/c1-11-6-7-13(12(2)8-11)19(23)24-10-17(22)21-18-15(9-20)14-4-3-5-16(14)25-18/h6-8H,3-5,10H2,1-2H3,(H,21,22). The predicted molar refractivity (Wildman–Crippen MR) is 95.9 cm³/mol. The number of nitriles is 1. The van der Waals surface area contributed by atoms with E-state index in [1.165, 1.54) is 16.2 Å². The van der Waals surface area contributed by atoms with E-state index in [-0.39, 0.29) is 6.61 Å². The van der Waals surface area contributed by atoms with Gasteiger partial charge in [-0.1, -0.05) is 17.7 Å². The van der Waals surface area contributed by atoms with E-state index in [1.54, 1.807) is 6.07 Å². The van der Waals surface area contributed by atoms with Crippen molar-refractivity contribution >= 4 is 28.2 Å². The van der Waals surface area contributed by atoms with Crippen LogP contribution in [0.2, 0.25) is 0 Å². The van der Waals surface area contributed by atoms with Crippen molar-refractivity contribution in [3.63, 3.8) is 0 Å². The molecule has 0 saturated carbocycles. The minimum atomic E-state index is -0.526. The Labute approximate surface area is 150 Å². The summed E-state index contributed by atoms with van der Waals surface area (Å²) >= 11 is 1.44. The number of carbonyl (C=O) groups excluding carboxylic acids is 2. The fourth-order valence-corrected chi connectivity index (χ4v) is 4.28. The molecule has 25 heavy (non-hydrogen) atoms. The molecule has 1 aliphatic rings. The number of amides is 1. The Balaban J connectivity index is 1.62. The maximum absolute atomic E-state index is 12.1. The molecule has 1 amide bonds. The Morgan fingerprint density at radius 1 is 1.32 bits per heavy atom. The van der Waals surface area contributed by atoms with Crippen LogP contribution in [0.15, 0.2) is 18.2 Å². The van der Waals surface area contributed by atoms with Gasteiger partial charge < -0.3 is 10.1 Å². The largest absolute Gasteiger partial charge is 0.452 e. The summed E-state index contributed by atoms with van der Waals surface area (Å²) in [6.45, 7) is 3.40. The molecule has 0 fully saturated rings. The number of benzene rings is 1. The van der Waals surface area contributed by atoms with Crippen molar-refractivity contribution in [2.75, 3.05) is 11.9 Å². The zero-order valence-corrected chi connectivity index (χ0v) is 15.0. The van der Waals surface area contributed by atoms with E-state index in [2.05, 4.69) is 11.4 Å². The van der Waals surface area contributed by atoms with Gasteiger partial charge in [-0.15, -0.1) is 11.3 Å². The minimum absolute atomic E-state index is 0.375. The van der Waals surface area contributed by atoms with Gasteiger partial charge in [-0.2, -0.15) is 5.26 Å². The van der Waals surface area contributed by atoms with Gasteiger partial charge in [0.15, 0.2) is 6.61 Å². The molecule has 0 atom stereocenters. The molecule has 1 aliphatic carbocycles. The third-order valence-electron chi connectivity index (χ3n) is 4.22. The number of esters is 1. The van der Waals surface area contributed by atoms with E-state index in [0.717, 1.165) is 36.0 Å². The van der Waals surface area contributed by atoms with E-state index in [0.29, 0.717) is 16.1 Å². The molecule has 0 aliphatic heterocycles. The number of rotatable bonds is 4. The van der Waals surface area contributed by atoms with Gasteiger partial charge in [0.25, 0.3) is 5.91 Å². The van der Waals surface area contributed by atoms with E-state index in [1.807, 2.05) is 26.0 Å². The van der Waals surface area contributed by atoms with E-state index < -0.39 is 11.9 Å². The Kier molecular flexibility index (Phi) is 4.86. The number of nitrogens with zero attached hydrogens (tertiary/aromatic N) is 1. The van der Waals surface area contributed by atoms with E-state index >= 15 is 0 Å². The van der Waals surface area contributed by atoms with Crippen LogP contribution in [-0.2, 0) is 22.4 Å². The normalized spacial score (nSPS) is 12.4. The average molecular weight is 354 g/mol. The Morgan fingerprint density at radius 2 is 2.12 bits per heavy atom. The molecule has 0 bridgehead atoms. The van der Waals surface area contributed by atoms with Crippen LogP contribution in [0.1, 0.15) is 43.9 Å². The van der Waals surface area contributed by atoms with Crippen LogP contribution in [0, 0.1) is 25.2 Å². The molecule has 0 unspecified atom stereocenters. The number of anilines is 1. The molecule has 0 spiro atoms. The number of hydrogen-bond donors (Lipinski definition) is 1. The van der Waals surface area contributed by atoms with Gasteiger partial charge >= 0.3 is 5.97 Å². The van der Waals surface area contributed by atoms with Crippen molar-refractivity contribution in [3.05, 3.63) is 50.9 Å². The lowest BCUT2D eigenvalue weighted by atomic mass is 10.1. The first kappa shape index (κ1) is 17.2. The summed E-state index contributed by atoms with van der Waals surface area (Å²) in [5.74, 6) is -0.962. The van der Waals surface area contributed by atoms with Gasteiger partial charge in [0, 0.05) is 4.88 Å². The van der Waals surface area contributed by atoms with Crippen molar-refractivity contribution in [2.45, 2.75) is 33.1 Å².